The number of pyridine rings is 1. The normalized spacial score (nSPS) is 18.1. The molecule has 1 aliphatic carbocycles. The number of hydroxylamine groups is 1. The molecule has 0 bridgehead atoms. The molecule has 0 saturated heterocycles. The molecule has 1 unspecified atom stereocenters. The van der Waals surface area contributed by atoms with Crippen LogP contribution in [0.2, 0.25) is 0 Å². The van der Waals surface area contributed by atoms with Crippen LogP contribution in [-0.2, 0) is 22.6 Å². The highest BCUT2D eigenvalue weighted by Crippen LogP contribution is 2.33. The summed E-state index contributed by atoms with van der Waals surface area (Å²) < 4.78 is 5.98. The third-order valence-electron chi connectivity index (χ3n) is 6.00. The first-order valence-corrected chi connectivity index (χ1v) is 10.6. The van der Waals surface area contributed by atoms with Crippen molar-refractivity contribution in [3.8, 4) is 5.75 Å². The second kappa shape index (κ2) is 9.27. The first-order chi connectivity index (χ1) is 15.0. The predicted molar refractivity (Wildman–Crippen MR) is 117 cm³/mol. The molecule has 1 saturated carbocycles. The SMILES string of the molecule is Cc1cc(COc2ccc(CC(=O)C3CCC[C@H]3C(=O)NO)cc2)c2ccccc2n1. The van der Waals surface area contributed by atoms with Crippen molar-refractivity contribution in [2.24, 2.45) is 11.8 Å². The molecule has 1 amide bonds. The number of hydrogen-bond donors (Lipinski definition) is 2. The van der Waals surface area contributed by atoms with E-state index in [1.165, 1.54) is 0 Å². The van der Waals surface area contributed by atoms with Gasteiger partial charge in [-0.25, -0.2) is 5.48 Å². The standard InChI is InChI=1S/C25H26N2O4/c1-16-13-18(20-5-2-3-8-23(20)26-16)15-31-19-11-9-17(10-12-19)14-24(28)21-6-4-7-22(21)25(29)27-30/h2-3,5,8-13,21-22,30H,4,6-7,14-15H2,1H3,(H,27,29)/t21?,22-/m1/s1. The third-order valence-corrected chi connectivity index (χ3v) is 6.00. The van der Waals surface area contributed by atoms with Gasteiger partial charge in [0, 0.05) is 34.9 Å². The number of ketones is 1. The first kappa shape index (κ1) is 21.0. The van der Waals surface area contributed by atoms with Crippen LogP contribution in [0, 0.1) is 18.8 Å². The fourth-order valence-electron chi connectivity index (χ4n) is 4.45. The highest BCUT2D eigenvalue weighted by atomic mass is 16.5. The van der Waals surface area contributed by atoms with E-state index in [2.05, 4.69) is 4.98 Å². The van der Waals surface area contributed by atoms with Crippen LogP contribution in [0.4, 0.5) is 0 Å². The number of para-hydroxylation sites is 1. The number of carbonyl (C=O) groups is 2. The summed E-state index contributed by atoms with van der Waals surface area (Å²) in [5.41, 5.74) is 5.56. The number of aromatic nitrogens is 1. The van der Waals surface area contributed by atoms with Crippen molar-refractivity contribution < 1.29 is 19.5 Å². The smallest absolute Gasteiger partial charge is 0.247 e. The summed E-state index contributed by atoms with van der Waals surface area (Å²) in [7, 11) is 0. The quantitative estimate of drug-likeness (QED) is 0.444. The Bertz CT molecular complexity index is 1090. The number of rotatable bonds is 7. The maximum Gasteiger partial charge on any atom is 0.247 e. The van der Waals surface area contributed by atoms with Crippen LogP contribution in [0.15, 0.2) is 54.6 Å². The molecular formula is C25H26N2O4. The first-order valence-electron chi connectivity index (χ1n) is 10.6. The van der Waals surface area contributed by atoms with Crippen molar-refractivity contribution in [3.05, 3.63) is 71.4 Å². The Morgan fingerprint density at radius 1 is 1.10 bits per heavy atom. The lowest BCUT2D eigenvalue weighted by Crippen LogP contribution is -2.34. The van der Waals surface area contributed by atoms with E-state index in [-0.39, 0.29) is 18.1 Å². The average molecular weight is 418 g/mol. The van der Waals surface area contributed by atoms with E-state index in [1.807, 2.05) is 61.5 Å². The number of nitrogens with zero attached hydrogens (tertiary/aromatic N) is 1. The van der Waals surface area contributed by atoms with Crippen molar-refractivity contribution in [3.63, 3.8) is 0 Å². The van der Waals surface area contributed by atoms with Gasteiger partial charge in [-0.1, -0.05) is 36.8 Å². The number of carbonyl (C=O) groups excluding carboxylic acids is 2. The van der Waals surface area contributed by atoms with Gasteiger partial charge in [-0.3, -0.25) is 19.8 Å². The van der Waals surface area contributed by atoms with Crippen LogP contribution in [-0.4, -0.2) is 21.9 Å². The van der Waals surface area contributed by atoms with Gasteiger partial charge in [0.25, 0.3) is 0 Å². The largest absolute Gasteiger partial charge is 0.489 e. The van der Waals surface area contributed by atoms with E-state index >= 15 is 0 Å². The lowest BCUT2D eigenvalue weighted by molar-refractivity contribution is -0.138. The van der Waals surface area contributed by atoms with Gasteiger partial charge in [0.1, 0.15) is 18.1 Å². The van der Waals surface area contributed by atoms with E-state index < -0.39 is 11.8 Å². The molecule has 2 atom stereocenters. The van der Waals surface area contributed by atoms with Crippen molar-refractivity contribution >= 4 is 22.6 Å². The van der Waals surface area contributed by atoms with Crippen molar-refractivity contribution in [2.45, 2.75) is 39.2 Å². The van der Waals surface area contributed by atoms with Gasteiger partial charge in [-0.15, -0.1) is 0 Å². The molecule has 0 radical (unpaired) electrons. The zero-order valence-corrected chi connectivity index (χ0v) is 17.5. The second-order valence-electron chi connectivity index (χ2n) is 8.14. The molecule has 160 valence electrons. The molecule has 6 nitrogen and oxygen atoms in total. The Kier molecular flexibility index (Phi) is 6.28. The Morgan fingerprint density at radius 3 is 2.61 bits per heavy atom. The van der Waals surface area contributed by atoms with E-state index in [1.54, 1.807) is 5.48 Å². The van der Waals surface area contributed by atoms with Gasteiger partial charge >= 0.3 is 0 Å². The molecule has 1 aliphatic rings. The van der Waals surface area contributed by atoms with Crippen LogP contribution < -0.4 is 10.2 Å². The minimum absolute atomic E-state index is 0.0403. The summed E-state index contributed by atoms with van der Waals surface area (Å²) in [6.45, 7) is 2.41. The maximum absolute atomic E-state index is 12.7. The molecule has 31 heavy (non-hydrogen) atoms. The van der Waals surface area contributed by atoms with Crippen LogP contribution >= 0.6 is 0 Å². The number of Topliss-reactive ketones (excluding diaryl/α,β-unsaturated/α-hetero) is 1. The van der Waals surface area contributed by atoms with E-state index in [4.69, 9.17) is 9.94 Å². The Hall–Kier alpha value is -3.25. The van der Waals surface area contributed by atoms with Crippen LogP contribution in [0.3, 0.4) is 0 Å². The zero-order chi connectivity index (χ0) is 21.8. The Balaban J connectivity index is 1.39. The van der Waals surface area contributed by atoms with Crippen LogP contribution in [0.25, 0.3) is 10.9 Å². The molecule has 1 heterocycles. The van der Waals surface area contributed by atoms with Crippen molar-refractivity contribution in [1.82, 2.24) is 10.5 Å². The summed E-state index contributed by atoms with van der Waals surface area (Å²) in [4.78, 5) is 29.0. The molecular weight excluding hydrogens is 392 g/mol. The number of aryl methyl sites for hydroxylation is 1. The molecule has 2 N–H and O–H groups in total. The molecule has 2 aromatic carbocycles. The topological polar surface area (TPSA) is 88.5 Å². The predicted octanol–water partition coefficient (Wildman–Crippen LogP) is 4.16. The summed E-state index contributed by atoms with van der Waals surface area (Å²) in [5, 5.41) is 9.97. The van der Waals surface area contributed by atoms with Crippen LogP contribution in [0.1, 0.15) is 36.1 Å². The number of fused-ring (bicyclic) bond motifs is 1. The number of amides is 1. The molecule has 1 aromatic heterocycles. The zero-order valence-electron chi connectivity index (χ0n) is 17.5. The monoisotopic (exact) mass is 418 g/mol. The van der Waals surface area contributed by atoms with Crippen molar-refractivity contribution in [2.75, 3.05) is 0 Å². The lowest BCUT2D eigenvalue weighted by Gasteiger charge is -2.16. The summed E-state index contributed by atoms with van der Waals surface area (Å²) in [6.07, 6.45) is 2.43. The second-order valence-corrected chi connectivity index (χ2v) is 8.14. The van der Waals surface area contributed by atoms with Gasteiger partial charge in [0.15, 0.2) is 0 Å². The number of nitrogens with one attached hydrogen (secondary N) is 1. The highest BCUT2D eigenvalue weighted by molar-refractivity contribution is 5.90. The van der Waals surface area contributed by atoms with Gasteiger partial charge in [-0.05, 0) is 49.6 Å². The Labute approximate surface area is 181 Å². The molecule has 3 aromatic rings. The van der Waals surface area contributed by atoms with Crippen molar-refractivity contribution in [1.29, 1.82) is 0 Å². The fraction of sp³-hybridized carbons (Fsp3) is 0.320. The van der Waals surface area contributed by atoms with E-state index in [0.29, 0.717) is 19.4 Å². The molecule has 0 aliphatic heterocycles. The minimum atomic E-state index is -0.460. The van der Waals surface area contributed by atoms with Gasteiger partial charge in [0.2, 0.25) is 5.91 Å². The number of ether oxygens (including phenoxy) is 1. The minimum Gasteiger partial charge on any atom is -0.489 e. The molecule has 1 fully saturated rings. The molecule has 6 heteroatoms. The Morgan fingerprint density at radius 2 is 1.84 bits per heavy atom. The van der Waals surface area contributed by atoms with Crippen LogP contribution in [0.5, 0.6) is 5.75 Å². The maximum atomic E-state index is 12.7. The summed E-state index contributed by atoms with van der Waals surface area (Å²) in [6, 6.07) is 17.6. The number of hydrogen-bond acceptors (Lipinski definition) is 5. The number of benzene rings is 2. The van der Waals surface area contributed by atoms with Gasteiger partial charge < -0.3 is 4.74 Å². The third kappa shape index (κ3) is 4.75. The summed E-state index contributed by atoms with van der Waals surface area (Å²) in [5.74, 6) is -0.449. The summed E-state index contributed by atoms with van der Waals surface area (Å²) >= 11 is 0. The molecule has 4 rings (SSSR count). The lowest BCUT2D eigenvalue weighted by atomic mass is 9.88. The van der Waals surface area contributed by atoms with E-state index in [9.17, 15) is 9.59 Å². The fourth-order valence-corrected chi connectivity index (χ4v) is 4.45. The van der Waals surface area contributed by atoms with Gasteiger partial charge in [0.05, 0.1) is 5.52 Å². The van der Waals surface area contributed by atoms with Gasteiger partial charge in [-0.2, -0.15) is 0 Å². The van der Waals surface area contributed by atoms with E-state index in [0.717, 1.165) is 39.9 Å². The molecule has 0 spiro atoms. The average Bonchev–Trinajstić information content (AvgIpc) is 3.28. The highest BCUT2D eigenvalue weighted by Gasteiger charge is 2.37.